The van der Waals surface area contributed by atoms with Gasteiger partial charge in [0.25, 0.3) is 0 Å². The van der Waals surface area contributed by atoms with Crippen molar-refractivity contribution < 1.29 is 0 Å². The zero-order valence-electron chi connectivity index (χ0n) is 11.9. The Hall–Kier alpha value is -2.99. The van der Waals surface area contributed by atoms with Crippen molar-refractivity contribution >= 4 is 40.1 Å². The zero-order valence-corrected chi connectivity index (χ0v) is 12.6. The van der Waals surface area contributed by atoms with Crippen LogP contribution in [0.3, 0.4) is 0 Å². The van der Waals surface area contributed by atoms with Crippen LogP contribution in [-0.2, 0) is 0 Å². The second kappa shape index (κ2) is 5.66. The molecule has 0 aliphatic heterocycles. The van der Waals surface area contributed by atoms with Gasteiger partial charge >= 0.3 is 0 Å². The number of anilines is 1. The Morgan fingerprint density at radius 3 is 2.70 bits per heavy atom. The maximum Gasteiger partial charge on any atom is 0.185 e. The Morgan fingerprint density at radius 1 is 1.04 bits per heavy atom. The zero-order chi connectivity index (χ0) is 15.6. The molecule has 0 aliphatic carbocycles. The summed E-state index contributed by atoms with van der Waals surface area (Å²) < 4.78 is 1.62. The highest BCUT2D eigenvalue weighted by Gasteiger charge is 2.08. The molecule has 0 unspecified atom stereocenters. The fraction of sp³-hybridized carbons (Fsp3) is 0. The van der Waals surface area contributed by atoms with E-state index in [1.807, 2.05) is 48.5 Å². The molecule has 23 heavy (non-hydrogen) atoms. The summed E-state index contributed by atoms with van der Waals surface area (Å²) >= 11 is 6.11. The molecule has 0 bridgehead atoms. The third-order valence-corrected chi connectivity index (χ3v) is 3.78. The fourth-order valence-corrected chi connectivity index (χ4v) is 2.54. The van der Waals surface area contributed by atoms with Crippen LogP contribution in [0.5, 0.6) is 0 Å². The van der Waals surface area contributed by atoms with Gasteiger partial charge in [0.15, 0.2) is 11.5 Å². The third kappa shape index (κ3) is 2.49. The number of benzene rings is 2. The van der Waals surface area contributed by atoms with Crippen LogP contribution in [-0.4, -0.2) is 26.0 Å². The van der Waals surface area contributed by atoms with Gasteiger partial charge in [-0.2, -0.15) is 9.62 Å². The molecule has 0 amide bonds. The van der Waals surface area contributed by atoms with Crippen LogP contribution < -0.4 is 5.43 Å². The topological polar surface area (TPSA) is 67.5 Å². The third-order valence-electron chi connectivity index (χ3n) is 3.44. The van der Waals surface area contributed by atoms with Gasteiger partial charge in [-0.05, 0) is 6.07 Å². The standard InChI is InChI=1S/C16H11ClN6/c17-14-8-4-1-5-11(14)9-18-20-15-12-6-2-3-7-13(12)16-21-19-10-23(16)22-15/h1-10H,(H,20,22)/b18-9-. The van der Waals surface area contributed by atoms with Crippen molar-refractivity contribution in [1.29, 1.82) is 0 Å². The smallest absolute Gasteiger partial charge is 0.185 e. The molecule has 0 atom stereocenters. The van der Waals surface area contributed by atoms with E-state index in [4.69, 9.17) is 11.6 Å². The van der Waals surface area contributed by atoms with Crippen LogP contribution in [0.2, 0.25) is 5.02 Å². The summed E-state index contributed by atoms with van der Waals surface area (Å²) in [6, 6.07) is 15.3. The molecule has 0 spiro atoms. The van der Waals surface area contributed by atoms with Gasteiger partial charge in [-0.1, -0.05) is 54.1 Å². The lowest BCUT2D eigenvalue weighted by atomic mass is 10.2. The molecule has 4 rings (SSSR count). The van der Waals surface area contributed by atoms with Crippen molar-refractivity contribution in [3.05, 3.63) is 65.4 Å². The van der Waals surface area contributed by atoms with Gasteiger partial charge in [-0.25, -0.2) is 0 Å². The maximum atomic E-state index is 6.11. The van der Waals surface area contributed by atoms with E-state index in [1.54, 1.807) is 17.1 Å². The minimum absolute atomic E-state index is 0.621. The largest absolute Gasteiger partial charge is 0.259 e. The molecule has 2 heterocycles. The van der Waals surface area contributed by atoms with E-state index >= 15 is 0 Å². The van der Waals surface area contributed by atoms with Gasteiger partial charge in [-0.15, -0.1) is 15.3 Å². The monoisotopic (exact) mass is 322 g/mol. The van der Waals surface area contributed by atoms with Gasteiger partial charge < -0.3 is 0 Å². The average molecular weight is 323 g/mol. The quantitative estimate of drug-likeness (QED) is 0.464. The summed E-state index contributed by atoms with van der Waals surface area (Å²) in [4.78, 5) is 0. The summed E-state index contributed by atoms with van der Waals surface area (Å²) in [7, 11) is 0. The molecule has 6 nitrogen and oxygen atoms in total. The van der Waals surface area contributed by atoms with Crippen LogP contribution in [0, 0.1) is 0 Å². The van der Waals surface area contributed by atoms with Crippen LogP contribution in [0.1, 0.15) is 5.56 Å². The van der Waals surface area contributed by atoms with Crippen molar-refractivity contribution in [2.75, 3.05) is 5.43 Å². The lowest BCUT2D eigenvalue weighted by Crippen LogP contribution is -2.00. The molecule has 4 aromatic rings. The van der Waals surface area contributed by atoms with Gasteiger partial charge in [0, 0.05) is 21.4 Å². The van der Waals surface area contributed by atoms with E-state index in [0.717, 1.165) is 16.3 Å². The van der Waals surface area contributed by atoms with E-state index < -0.39 is 0 Å². The lowest BCUT2D eigenvalue weighted by Gasteiger charge is -2.06. The average Bonchev–Trinajstić information content (AvgIpc) is 3.05. The number of hydrogen-bond donors (Lipinski definition) is 1. The highest BCUT2D eigenvalue weighted by atomic mass is 35.5. The first-order valence-electron chi connectivity index (χ1n) is 6.95. The molecule has 0 aliphatic rings. The summed E-state index contributed by atoms with van der Waals surface area (Å²) in [6.45, 7) is 0. The Kier molecular flexibility index (Phi) is 3.36. The van der Waals surface area contributed by atoms with Crippen LogP contribution in [0.4, 0.5) is 5.82 Å². The van der Waals surface area contributed by atoms with Gasteiger partial charge in [0.1, 0.15) is 6.33 Å². The van der Waals surface area contributed by atoms with E-state index in [0.29, 0.717) is 16.5 Å². The second-order valence-corrected chi connectivity index (χ2v) is 5.29. The summed E-state index contributed by atoms with van der Waals surface area (Å²) in [5.74, 6) is 0.621. The lowest BCUT2D eigenvalue weighted by molar-refractivity contribution is 0.934. The number of halogens is 1. The molecule has 7 heteroatoms. The molecule has 0 saturated heterocycles. The second-order valence-electron chi connectivity index (χ2n) is 4.88. The van der Waals surface area contributed by atoms with E-state index in [9.17, 15) is 0 Å². The summed E-state index contributed by atoms with van der Waals surface area (Å²) in [5.41, 5.74) is 4.51. The van der Waals surface area contributed by atoms with Gasteiger partial charge in [-0.3, -0.25) is 5.43 Å². The molecule has 112 valence electrons. The molecule has 0 fully saturated rings. The maximum absolute atomic E-state index is 6.11. The Balaban J connectivity index is 1.74. The van der Waals surface area contributed by atoms with Crippen LogP contribution >= 0.6 is 11.6 Å². The Morgan fingerprint density at radius 2 is 1.83 bits per heavy atom. The number of hydrogen-bond acceptors (Lipinski definition) is 5. The highest BCUT2D eigenvalue weighted by Crippen LogP contribution is 2.23. The molecule has 0 saturated carbocycles. The minimum Gasteiger partial charge on any atom is -0.259 e. The Labute approximate surface area is 136 Å². The molecular weight excluding hydrogens is 312 g/mol. The van der Waals surface area contributed by atoms with Crippen molar-refractivity contribution in [2.24, 2.45) is 5.10 Å². The normalized spacial score (nSPS) is 11.5. The van der Waals surface area contributed by atoms with Gasteiger partial charge in [0.05, 0.1) is 6.21 Å². The molecule has 2 aromatic heterocycles. The minimum atomic E-state index is 0.621. The van der Waals surface area contributed by atoms with Gasteiger partial charge in [0.2, 0.25) is 0 Å². The van der Waals surface area contributed by atoms with Crippen LogP contribution in [0.25, 0.3) is 16.4 Å². The van der Waals surface area contributed by atoms with E-state index in [-0.39, 0.29) is 0 Å². The van der Waals surface area contributed by atoms with Crippen molar-refractivity contribution in [1.82, 2.24) is 19.8 Å². The van der Waals surface area contributed by atoms with E-state index in [2.05, 4.69) is 25.8 Å². The number of fused-ring (bicyclic) bond motifs is 3. The first-order chi connectivity index (χ1) is 11.3. The first kappa shape index (κ1) is 13.7. The molecule has 1 N–H and O–H groups in total. The Bertz CT molecular complexity index is 1020. The highest BCUT2D eigenvalue weighted by molar-refractivity contribution is 6.33. The molecule has 2 aromatic carbocycles. The number of hydrazone groups is 1. The first-order valence-corrected chi connectivity index (χ1v) is 7.33. The molecular formula is C16H11ClN6. The number of rotatable bonds is 3. The fourth-order valence-electron chi connectivity index (χ4n) is 2.35. The molecule has 0 radical (unpaired) electrons. The summed E-state index contributed by atoms with van der Waals surface area (Å²) in [6.07, 6.45) is 3.22. The van der Waals surface area contributed by atoms with Crippen molar-refractivity contribution in [3.63, 3.8) is 0 Å². The predicted octanol–water partition coefficient (Wildman–Crippen LogP) is 3.38. The number of nitrogens with zero attached hydrogens (tertiary/aromatic N) is 5. The SMILES string of the molecule is Clc1ccccc1/C=N\Nc1nn2cnnc2c2ccccc12. The number of aromatic nitrogens is 4. The van der Waals surface area contributed by atoms with Crippen molar-refractivity contribution in [2.45, 2.75) is 0 Å². The predicted molar refractivity (Wildman–Crippen MR) is 91.0 cm³/mol. The van der Waals surface area contributed by atoms with E-state index in [1.165, 1.54) is 0 Å². The van der Waals surface area contributed by atoms with Crippen molar-refractivity contribution in [3.8, 4) is 0 Å². The number of nitrogens with one attached hydrogen (secondary N) is 1. The van der Waals surface area contributed by atoms with Crippen LogP contribution in [0.15, 0.2) is 60.0 Å². The summed E-state index contributed by atoms with van der Waals surface area (Å²) in [5, 5.41) is 19.2.